The van der Waals surface area contributed by atoms with Crippen molar-refractivity contribution in [2.24, 2.45) is 0 Å². The summed E-state index contributed by atoms with van der Waals surface area (Å²) in [5, 5.41) is 0. The molecule has 0 aromatic heterocycles. The van der Waals surface area contributed by atoms with E-state index in [0.717, 1.165) is 11.8 Å². The average molecular weight is 351 g/mol. The number of nitrogens with zero attached hydrogens (tertiary/aromatic N) is 1. The van der Waals surface area contributed by atoms with Crippen molar-refractivity contribution >= 4 is 25.5 Å². The molecule has 0 aliphatic carbocycles. The van der Waals surface area contributed by atoms with Gasteiger partial charge in [-0.25, -0.2) is 16.8 Å². The van der Waals surface area contributed by atoms with Crippen LogP contribution in [0.1, 0.15) is 18.4 Å². The first-order valence-corrected chi connectivity index (χ1v) is 10.5. The number of fused-ring (bicyclic) bond motifs is 1. The molecule has 2 aromatic rings. The molecule has 0 N–H and O–H groups in total. The van der Waals surface area contributed by atoms with Gasteiger partial charge in [0.15, 0.2) is 9.84 Å². The van der Waals surface area contributed by atoms with Gasteiger partial charge in [0.05, 0.1) is 15.5 Å². The first-order valence-electron chi connectivity index (χ1n) is 7.13. The van der Waals surface area contributed by atoms with Crippen LogP contribution in [0.25, 0.3) is 0 Å². The maximum atomic E-state index is 13.0. The second-order valence-corrected chi connectivity index (χ2v) is 9.62. The zero-order valence-electron chi connectivity index (χ0n) is 12.8. The van der Waals surface area contributed by atoms with Gasteiger partial charge in [-0.15, -0.1) is 0 Å². The van der Waals surface area contributed by atoms with Gasteiger partial charge in [0.25, 0.3) is 10.0 Å². The minimum Gasteiger partial charge on any atom is -0.265 e. The number of benzene rings is 2. The van der Waals surface area contributed by atoms with Crippen LogP contribution >= 0.6 is 0 Å². The lowest BCUT2D eigenvalue weighted by Crippen LogP contribution is -2.29. The molecule has 0 amide bonds. The predicted octanol–water partition coefficient (Wildman–Crippen LogP) is 2.40. The van der Waals surface area contributed by atoms with Gasteiger partial charge in [0, 0.05) is 18.7 Å². The van der Waals surface area contributed by atoms with Crippen LogP contribution < -0.4 is 4.31 Å². The van der Waals surface area contributed by atoms with Crippen LogP contribution in [0.15, 0.2) is 58.3 Å². The highest BCUT2D eigenvalue weighted by molar-refractivity contribution is 7.93. The number of sulfone groups is 1. The van der Waals surface area contributed by atoms with Crippen molar-refractivity contribution < 1.29 is 16.8 Å². The van der Waals surface area contributed by atoms with E-state index in [4.69, 9.17) is 0 Å². The van der Waals surface area contributed by atoms with E-state index in [1.165, 1.54) is 28.6 Å². The number of rotatable bonds is 3. The molecule has 5 nitrogen and oxygen atoms in total. The van der Waals surface area contributed by atoms with Crippen molar-refractivity contribution in [3.8, 4) is 0 Å². The Morgan fingerprint density at radius 1 is 0.957 bits per heavy atom. The Morgan fingerprint density at radius 3 is 2.30 bits per heavy atom. The SMILES string of the molecule is CC1CN(S(=O)(=O)c2cccc(S(C)(=O)=O)c2)c2ccccc21. The lowest BCUT2D eigenvalue weighted by atomic mass is 10.0. The summed E-state index contributed by atoms with van der Waals surface area (Å²) in [6.45, 7) is 2.33. The maximum Gasteiger partial charge on any atom is 0.264 e. The normalized spacial score (nSPS) is 18.0. The zero-order valence-corrected chi connectivity index (χ0v) is 14.4. The van der Waals surface area contributed by atoms with Gasteiger partial charge in [-0.1, -0.05) is 31.2 Å². The smallest absolute Gasteiger partial charge is 0.264 e. The monoisotopic (exact) mass is 351 g/mol. The first kappa shape index (κ1) is 16.0. The van der Waals surface area contributed by atoms with E-state index in [0.29, 0.717) is 12.2 Å². The summed E-state index contributed by atoms with van der Waals surface area (Å²) in [7, 11) is -7.26. The first-order chi connectivity index (χ1) is 10.7. The Kier molecular flexibility index (Phi) is 3.72. The molecular formula is C16H17NO4S2. The van der Waals surface area contributed by atoms with E-state index in [9.17, 15) is 16.8 Å². The summed E-state index contributed by atoms with van der Waals surface area (Å²) in [4.78, 5) is -0.0107. The van der Waals surface area contributed by atoms with Crippen molar-refractivity contribution in [2.75, 3.05) is 17.1 Å². The molecule has 0 bridgehead atoms. The molecule has 0 spiro atoms. The quantitative estimate of drug-likeness (QED) is 0.851. The third kappa shape index (κ3) is 2.74. The van der Waals surface area contributed by atoms with E-state index >= 15 is 0 Å². The molecule has 0 fully saturated rings. The topological polar surface area (TPSA) is 71.5 Å². The number of hydrogen-bond donors (Lipinski definition) is 0. The van der Waals surface area contributed by atoms with Crippen LogP contribution in [0.4, 0.5) is 5.69 Å². The molecule has 7 heteroatoms. The molecule has 2 aromatic carbocycles. The second kappa shape index (κ2) is 5.35. The molecule has 1 heterocycles. The van der Waals surface area contributed by atoms with E-state index < -0.39 is 19.9 Å². The van der Waals surface area contributed by atoms with Crippen LogP contribution in [0.5, 0.6) is 0 Å². The Bertz CT molecular complexity index is 965. The minimum atomic E-state index is -3.80. The summed E-state index contributed by atoms with van der Waals surface area (Å²) < 4.78 is 50.6. The van der Waals surface area contributed by atoms with Crippen LogP contribution in [0, 0.1) is 0 Å². The van der Waals surface area contributed by atoms with Crippen molar-refractivity contribution in [1.82, 2.24) is 0 Å². The fourth-order valence-corrected chi connectivity index (χ4v) is 5.16. The molecule has 1 aliphatic rings. The van der Waals surface area contributed by atoms with Crippen LogP contribution in [0.2, 0.25) is 0 Å². The summed E-state index contributed by atoms with van der Waals surface area (Å²) in [5.41, 5.74) is 1.64. The van der Waals surface area contributed by atoms with E-state index in [-0.39, 0.29) is 15.7 Å². The van der Waals surface area contributed by atoms with Gasteiger partial charge in [0.2, 0.25) is 0 Å². The third-order valence-corrected chi connectivity index (χ3v) is 6.88. The molecule has 23 heavy (non-hydrogen) atoms. The van der Waals surface area contributed by atoms with Crippen molar-refractivity contribution in [2.45, 2.75) is 22.6 Å². The van der Waals surface area contributed by atoms with E-state index in [2.05, 4.69) is 0 Å². The molecule has 122 valence electrons. The number of para-hydroxylation sites is 1. The molecule has 0 radical (unpaired) electrons. The number of anilines is 1. The second-order valence-electron chi connectivity index (χ2n) is 5.74. The Hall–Kier alpha value is -1.86. The fraction of sp³-hybridized carbons (Fsp3) is 0.250. The zero-order chi connectivity index (χ0) is 16.8. The fourth-order valence-electron chi connectivity index (χ4n) is 2.80. The van der Waals surface area contributed by atoms with Crippen molar-refractivity contribution in [3.05, 3.63) is 54.1 Å². The van der Waals surface area contributed by atoms with Gasteiger partial charge in [-0.2, -0.15) is 0 Å². The van der Waals surface area contributed by atoms with E-state index in [1.807, 2.05) is 19.1 Å². The molecule has 3 rings (SSSR count). The Labute approximate surface area is 136 Å². The van der Waals surface area contributed by atoms with Crippen LogP contribution in [-0.2, 0) is 19.9 Å². The lowest BCUT2D eigenvalue weighted by molar-refractivity contribution is 0.590. The largest absolute Gasteiger partial charge is 0.265 e. The Balaban J connectivity index is 2.11. The summed E-state index contributed by atoms with van der Waals surface area (Å²) >= 11 is 0. The molecule has 1 aliphatic heterocycles. The van der Waals surface area contributed by atoms with Crippen molar-refractivity contribution in [1.29, 1.82) is 0 Å². The summed E-state index contributed by atoms with van der Waals surface area (Å²) in [5.74, 6) is 0.0964. The average Bonchev–Trinajstić information content (AvgIpc) is 2.85. The van der Waals surface area contributed by atoms with Gasteiger partial charge in [-0.05, 0) is 29.8 Å². The summed E-state index contributed by atoms with van der Waals surface area (Å²) in [6, 6.07) is 12.9. The lowest BCUT2D eigenvalue weighted by Gasteiger charge is -2.20. The van der Waals surface area contributed by atoms with E-state index in [1.54, 1.807) is 12.1 Å². The van der Waals surface area contributed by atoms with Gasteiger partial charge >= 0.3 is 0 Å². The molecule has 1 unspecified atom stereocenters. The summed E-state index contributed by atoms with van der Waals surface area (Å²) in [6.07, 6.45) is 1.06. The Morgan fingerprint density at radius 2 is 1.61 bits per heavy atom. The van der Waals surface area contributed by atoms with Crippen molar-refractivity contribution in [3.63, 3.8) is 0 Å². The standard InChI is InChI=1S/C16H17NO4S2/c1-12-11-17(16-9-4-3-8-15(12)16)23(20,21)14-7-5-6-13(10-14)22(2,18)19/h3-10,12H,11H2,1-2H3. The highest BCUT2D eigenvalue weighted by Gasteiger charge is 2.34. The predicted molar refractivity (Wildman–Crippen MR) is 88.9 cm³/mol. The molecule has 0 saturated heterocycles. The minimum absolute atomic E-state index is 0.000828. The van der Waals surface area contributed by atoms with Crippen LogP contribution in [-0.4, -0.2) is 29.6 Å². The number of sulfonamides is 1. The van der Waals surface area contributed by atoms with Gasteiger partial charge in [-0.3, -0.25) is 4.31 Å². The van der Waals surface area contributed by atoms with Gasteiger partial charge in [0.1, 0.15) is 0 Å². The van der Waals surface area contributed by atoms with Crippen LogP contribution in [0.3, 0.4) is 0 Å². The highest BCUT2D eigenvalue weighted by Crippen LogP contribution is 2.39. The van der Waals surface area contributed by atoms with Gasteiger partial charge < -0.3 is 0 Å². The maximum absolute atomic E-state index is 13.0. The molecule has 1 atom stereocenters. The molecular weight excluding hydrogens is 334 g/mol. The highest BCUT2D eigenvalue weighted by atomic mass is 32.2. The number of hydrogen-bond acceptors (Lipinski definition) is 4. The molecule has 0 saturated carbocycles. The third-order valence-electron chi connectivity index (χ3n) is 4.00.